The molecule has 6 heavy (non-hydrogen) atoms. The van der Waals surface area contributed by atoms with E-state index in [1.165, 1.54) is 0 Å². The third-order valence-corrected chi connectivity index (χ3v) is 0.498. The molecule has 0 aliphatic rings. The van der Waals surface area contributed by atoms with Crippen molar-refractivity contribution in [3.8, 4) is 0 Å². The number of Topliss-reactive ketones (excluding diaryl/α,β-unsaturated/α-hetero) is 1. The number of carbonyl (C=O) groups excluding carboxylic acids is 1. The Morgan fingerprint density at radius 1 is 1.67 bits per heavy atom. The van der Waals surface area contributed by atoms with Crippen LogP contribution in [0.1, 0.15) is 20.3 Å². The topological polar surface area (TPSA) is 17.1 Å². The smallest absolute Gasteiger partial charge is 0.129 e. The van der Waals surface area contributed by atoms with E-state index in [-0.39, 0.29) is 25.9 Å². The van der Waals surface area contributed by atoms with Gasteiger partial charge in [-0.25, -0.2) is 0 Å². The summed E-state index contributed by atoms with van der Waals surface area (Å²) in [6.07, 6.45) is 0.667. The van der Waals surface area contributed by atoms with Gasteiger partial charge >= 0.3 is 0 Å². The number of rotatable bonds is 1. The molecule has 0 aliphatic carbocycles. The summed E-state index contributed by atoms with van der Waals surface area (Å²) in [6.45, 7) is 3.43. The van der Waals surface area contributed by atoms with Gasteiger partial charge in [0.05, 0.1) is 0 Å². The van der Waals surface area contributed by atoms with Crippen molar-refractivity contribution in [2.75, 3.05) is 0 Å². The average molecular weight is 264 g/mol. The molecule has 0 aromatic rings. The Bertz CT molecular complexity index is 42.8. The first-order valence-corrected chi connectivity index (χ1v) is 1.76. The second kappa shape index (κ2) is 5.32. The van der Waals surface area contributed by atoms with Gasteiger partial charge in [0.15, 0.2) is 0 Å². The number of hydrogen-bond donors (Lipinski definition) is 0. The maximum absolute atomic E-state index is 9.81. The summed E-state index contributed by atoms with van der Waals surface area (Å²) in [5.41, 5.74) is 0. The van der Waals surface area contributed by atoms with E-state index in [2.05, 4.69) is 0 Å². The van der Waals surface area contributed by atoms with E-state index in [0.29, 0.717) is 6.42 Å². The van der Waals surface area contributed by atoms with Crippen molar-refractivity contribution in [3.63, 3.8) is 0 Å². The summed E-state index contributed by atoms with van der Waals surface area (Å²) in [5.74, 6) is 0.255. The molecule has 0 saturated heterocycles. The molecule has 1 radical (unpaired) electrons. The SMILES string of the molecule is CCC(C)=O.[Ir]. The van der Waals surface area contributed by atoms with Gasteiger partial charge in [-0.05, 0) is 6.92 Å². The van der Waals surface area contributed by atoms with Gasteiger partial charge < -0.3 is 4.79 Å². The predicted molar refractivity (Wildman–Crippen MR) is 21.0 cm³/mol. The summed E-state index contributed by atoms with van der Waals surface area (Å²) in [4.78, 5) is 9.81. The second-order valence-electron chi connectivity index (χ2n) is 1.06. The van der Waals surface area contributed by atoms with Crippen molar-refractivity contribution >= 4 is 5.78 Å². The van der Waals surface area contributed by atoms with Crippen LogP contribution in [0.3, 0.4) is 0 Å². The van der Waals surface area contributed by atoms with Crippen LogP contribution in [0.15, 0.2) is 0 Å². The fourth-order valence-electron chi connectivity index (χ4n) is 0. The molecule has 0 rings (SSSR count). The van der Waals surface area contributed by atoms with Gasteiger partial charge in [0.25, 0.3) is 0 Å². The van der Waals surface area contributed by atoms with Crippen LogP contribution < -0.4 is 0 Å². The molecule has 0 aromatic heterocycles. The molecule has 0 fully saturated rings. The third kappa shape index (κ3) is 8.85. The van der Waals surface area contributed by atoms with Crippen molar-refractivity contribution < 1.29 is 24.9 Å². The van der Waals surface area contributed by atoms with Gasteiger partial charge in [-0.15, -0.1) is 0 Å². The predicted octanol–water partition coefficient (Wildman–Crippen LogP) is 0.983. The first-order valence-electron chi connectivity index (χ1n) is 1.76. The quantitative estimate of drug-likeness (QED) is 0.690. The molecular weight excluding hydrogens is 256 g/mol. The van der Waals surface area contributed by atoms with Crippen LogP contribution in [0.5, 0.6) is 0 Å². The van der Waals surface area contributed by atoms with Gasteiger partial charge in [0, 0.05) is 26.5 Å². The van der Waals surface area contributed by atoms with Crippen LogP contribution in [0.4, 0.5) is 0 Å². The van der Waals surface area contributed by atoms with E-state index in [9.17, 15) is 4.79 Å². The molecule has 0 aliphatic heterocycles. The first-order chi connectivity index (χ1) is 2.27. The molecule has 0 unspecified atom stereocenters. The largest absolute Gasteiger partial charge is 0.300 e. The molecule has 0 atom stereocenters. The minimum Gasteiger partial charge on any atom is -0.300 e. The van der Waals surface area contributed by atoms with Gasteiger partial charge in [0.2, 0.25) is 0 Å². The zero-order chi connectivity index (χ0) is 4.28. The van der Waals surface area contributed by atoms with E-state index >= 15 is 0 Å². The molecule has 0 amide bonds. The van der Waals surface area contributed by atoms with Crippen LogP contribution in [-0.2, 0) is 24.9 Å². The molecule has 0 heterocycles. The Morgan fingerprint density at radius 3 is 1.83 bits per heavy atom. The van der Waals surface area contributed by atoms with Crippen molar-refractivity contribution in [1.82, 2.24) is 0 Å². The molecule has 0 bridgehead atoms. The van der Waals surface area contributed by atoms with E-state index in [0.717, 1.165) is 0 Å². The van der Waals surface area contributed by atoms with Crippen molar-refractivity contribution in [3.05, 3.63) is 0 Å². The molecular formula is C4H8IrO. The Balaban J connectivity index is 0. The Labute approximate surface area is 51.5 Å². The molecule has 0 saturated carbocycles. The molecule has 2 heteroatoms. The van der Waals surface area contributed by atoms with Crippen LogP contribution >= 0.6 is 0 Å². The summed E-state index contributed by atoms with van der Waals surface area (Å²) < 4.78 is 0. The monoisotopic (exact) mass is 265 g/mol. The molecule has 1 nitrogen and oxygen atoms in total. The Kier molecular flexibility index (Phi) is 8.50. The summed E-state index contributed by atoms with van der Waals surface area (Å²) >= 11 is 0. The maximum Gasteiger partial charge on any atom is 0.129 e. The average Bonchev–Trinajstić information content (AvgIpc) is 1.38. The van der Waals surface area contributed by atoms with Crippen LogP contribution in [-0.4, -0.2) is 5.78 Å². The molecule has 0 aromatic carbocycles. The van der Waals surface area contributed by atoms with Gasteiger partial charge in [-0.2, -0.15) is 0 Å². The summed E-state index contributed by atoms with van der Waals surface area (Å²) in [5, 5.41) is 0. The number of hydrogen-bond acceptors (Lipinski definition) is 1. The van der Waals surface area contributed by atoms with Gasteiger partial charge in [0.1, 0.15) is 5.78 Å². The molecule has 0 spiro atoms. The zero-order valence-electron chi connectivity index (χ0n) is 3.95. The van der Waals surface area contributed by atoms with Crippen LogP contribution in [0, 0.1) is 0 Å². The third-order valence-electron chi connectivity index (χ3n) is 0.498. The number of carbonyl (C=O) groups is 1. The fraction of sp³-hybridized carbons (Fsp3) is 0.750. The molecule has 39 valence electrons. The number of ketones is 1. The van der Waals surface area contributed by atoms with Crippen molar-refractivity contribution in [2.24, 2.45) is 0 Å². The zero-order valence-corrected chi connectivity index (χ0v) is 6.34. The van der Waals surface area contributed by atoms with Gasteiger partial charge in [-0.3, -0.25) is 0 Å². The minimum absolute atomic E-state index is 0. The standard InChI is InChI=1S/C4H8O.Ir/c1-3-4(2)5;/h3H2,1-2H3;. The van der Waals surface area contributed by atoms with E-state index in [1.807, 2.05) is 6.92 Å². The molecule has 0 N–H and O–H groups in total. The first kappa shape index (κ1) is 9.58. The van der Waals surface area contributed by atoms with E-state index in [4.69, 9.17) is 0 Å². The maximum atomic E-state index is 9.81. The van der Waals surface area contributed by atoms with E-state index < -0.39 is 0 Å². The summed E-state index contributed by atoms with van der Waals surface area (Å²) in [6, 6.07) is 0. The van der Waals surface area contributed by atoms with Crippen LogP contribution in [0.2, 0.25) is 0 Å². The van der Waals surface area contributed by atoms with Crippen LogP contribution in [0.25, 0.3) is 0 Å². The second-order valence-corrected chi connectivity index (χ2v) is 1.06. The minimum atomic E-state index is 0. The van der Waals surface area contributed by atoms with Crippen molar-refractivity contribution in [1.29, 1.82) is 0 Å². The summed E-state index contributed by atoms with van der Waals surface area (Å²) in [7, 11) is 0. The van der Waals surface area contributed by atoms with Gasteiger partial charge in [-0.1, -0.05) is 6.92 Å². The Hall–Kier alpha value is 0.319. The Morgan fingerprint density at radius 2 is 1.83 bits per heavy atom. The van der Waals surface area contributed by atoms with E-state index in [1.54, 1.807) is 6.92 Å². The van der Waals surface area contributed by atoms with Crippen molar-refractivity contribution in [2.45, 2.75) is 20.3 Å². The normalized spacial score (nSPS) is 6.33. The fourth-order valence-corrected chi connectivity index (χ4v) is 0.